The minimum Gasteiger partial charge on any atom is -0.457 e. The van der Waals surface area contributed by atoms with E-state index in [0.717, 1.165) is 16.3 Å². The summed E-state index contributed by atoms with van der Waals surface area (Å²) in [5, 5.41) is 5.39. The summed E-state index contributed by atoms with van der Waals surface area (Å²) in [7, 11) is 0. The average molecular weight is 373 g/mol. The van der Waals surface area contributed by atoms with Gasteiger partial charge in [0.1, 0.15) is 22.2 Å². The fraction of sp³-hybridized carbons (Fsp3) is 0. The molecule has 0 bridgehead atoms. The number of para-hydroxylation sites is 1. The molecule has 5 nitrogen and oxygen atoms in total. The number of pyridine rings is 1. The van der Waals surface area contributed by atoms with Gasteiger partial charge in [0.25, 0.3) is 5.91 Å². The van der Waals surface area contributed by atoms with Gasteiger partial charge in [-0.15, -0.1) is 11.3 Å². The minimum absolute atomic E-state index is 0.247. The lowest BCUT2D eigenvalue weighted by Gasteiger charge is -2.07. The smallest absolute Gasteiger partial charge is 0.275 e. The van der Waals surface area contributed by atoms with Crippen molar-refractivity contribution >= 4 is 22.9 Å². The molecule has 0 atom stereocenters. The van der Waals surface area contributed by atoms with E-state index in [-0.39, 0.29) is 5.91 Å². The Labute approximate surface area is 160 Å². The molecule has 0 fully saturated rings. The first-order chi connectivity index (χ1) is 13.3. The second-order valence-electron chi connectivity index (χ2n) is 5.67. The van der Waals surface area contributed by atoms with Gasteiger partial charge in [0.15, 0.2) is 0 Å². The second-order valence-corrected chi connectivity index (χ2v) is 6.53. The number of amides is 1. The molecule has 0 aliphatic rings. The number of hydrogen-bond acceptors (Lipinski definition) is 5. The Kier molecular flexibility index (Phi) is 4.89. The molecule has 2 aromatic heterocycles. The predicted octanol–water partition coefficient (Wildman–Crippen LogP) is 5.25. The molecule has 1 amide bonds. The van der Waals surface area contributed by atoms with E-state index in [1.807, 2.05) is 54.6 Å². The highest BCUT2D eigenvalue weighted by Crippen LogP contribution is 2.25. The Morgan fingerprint density at radius 2 is 1.59 bits per heavy atom. The standard InChI is InChI=1S/C21H15N3O2S/c25-20(19-14-27-21(24-19)15-10-12-22-13-11-15)23-16-6-8-18(9-7-16)26-17-4-2-1-3-5-17/h1-14H,(H,23,25). The molecule has 0 spiro atoms. The van der Waals surface area contributed by atoms with E-state index in [1.54, 1.807) is 29.9 Å². The van der Waals surface area contributed by atoms with Crippen LogP contribution in [0.25, 0.3) is 10.6 Å². The van der Waals surface area contributed by atoms with Crippen LogP contribution in [0.5, 0.6) is 11.5 Å². The molecule has 0 radical (unpaired) electrons. The van der Waals surface area contributed by atoms with Crippen molar-refractivity contribution in [2.45, 2.75) is 0 Å². The zero-order valence-electron chi connectivity index (χ0n) is 14.2. The lowest BCUT2D eigenvalue weighted by Crippen LogP contribution is -2.12. The number of benzene rings is 2. The number of rotatable bonds is 5. The van der Waals surface area contributed by atoms with Crippen molar-refractivity contribution in [3.8, 4) is 22.1 Å². The molecule has 0 saturated carbocycles. The number of thiazole rings is 1. The molecule has 27 heavy (non-hydrogen) atoms. The number of nitrogens with zero attached hydrogens (tertiary/aromatic N) is 2. The summed E-state index contributed by atoms with van der Waals surface area (Å²) in [6.45, 7) is 0. The average Bonchev–Trinajstić information content (AvgIpc) is 3.21. The van der Waals surface area contributed by atoms with Crippen molar-refractivity contribution in [1.29, 1.82) is 0 Å². The molecule has 4 aromatic rings. The van der Waals surface area contributed by atoms with Crippen molar-refractivity contribution in [2.75, 3.05) is 5.32 Å². The van der Waals surface area contributed by atoms with Crippen LogP contribution in [0, 0.1) is 0 Å². The summed E-state index contributed by atoms with van der Waals surface area (Å²) in [5.74, 6) is 1.22. The fourth-order valence-corrected chi connectivity index (χ4v) is 3.24. The second kappa shape index (κ2) is 7.80. The Morgan fingerprint density at radius 1 is 0.889 bits per heavy atom. The molecule has 0 aliphatic carbocycles. The molecule has 2 aromatic carbocycles. The van der Waals surface area contributed by atoms with Crippen LogP contribution < -0.4 is 10.1 Å². The maximum absolute atomic E-state index is 12.4. The first kappa shape index (κ1) is 16.9. The molecule has 2 heterocycles. The predicted molar refractivity (Wildman–Crippen MR) is 106 cm³/mol. The maximum Gasteiger partial charge on any atom is 0.275 e. The van der Waals surface area contributed by atoms with Gasteiger partial charge in [-0.25, -0.2) is 4.98 Å². The zero-order chi connectivity index (χ0) is 18.5. The van der Waals surface area contributed by atoms with Crippen LogP contribution in [0.2, 0.25) is 0 Å². The van der Waals surface area contributed by atoms with Crippen LogP contribution >= 0.6 is 11.3 Å². The topological polar surface area (TPSA) is 64.1 Å². The number of carbonyl (C=O) groups is 1. The van der Waals surface area contributed by atoms with Crippen molar-refractivity contribution < 1.29 is 9.53 Å². The van der Waals surface area contributed by atoms with Gasteiger partial charge < -0.3 is 10.1 Å². The third-order valence-corrected chi connectivity index (χ3v) is 4.65. The normalized spacial score (nSPS) is 10.4. The van der Waals surface area contributed by atoms with Gasteiger partial charge in [-0.05, 0) is 48.5 Å². The Balaban J connectivity index is 1.42. The summed E-state index contributed by atoms with van der Waals surface area (Å²) in [6.07, 6.45) is 3.41. The van der Waals surface area contributed by atoms with E-state index >= 15 is 0 Å². The molecule has 132 valence electrons. The van der Waals surface area contributed by atoms with Gasteiger partial charge in [0.05, 0.1) is 0 Å². The van der Waals surface area contributed by atoms with E-state index in [2.05, 4.69) is 15.3 Å². The molecular formula is C21H15N3O2S. The summed E-state index contributed by atoms with van der Waals surface area (Å²) in [4.78, 5) is 20.8. The summed E-state index contributed by atoms with van der Waals surface area (Å²) in [5.41, 5.74) is 2.01. The van der Waals surface area contributed by atoms with Gasteiger partial charge in [-0.3, -0.25) is 9.78 Å². The number of nitrogens with one attached hydrogen (secondary N) is 1. The van der Waals surface area contributed by atoms with Crippen molar-refractivity contribution in [2.24, 2.45) is 0 Å². The van der Waals surface area contributed by atoms with Crippen molar-refractivity contribution in [3.05, 3.63) is 90.2 Å². The molecule has 0 saturated heterocycles. The highest BCUT2D eigenvalue weighted by atomic mass is 32.1. The SMILES string of the molecule is O=C(Nc1ccc(Oc2ccccc2)cc1)c1csc(-c2ccncc2)n1. The number of anilines is 1. The highest BCUT2D eigenvalue weighted by molar-refractivity contribution is 7.13. The van der Waals surface area contributed by atoms with Crippen LogP contribution in [-0.2, 0) is 0 Å². The molecule has 0 aliphatic heterocycles. The van der Waals surface area contributed by atoms with Crippen LogP contribution in [0.15, 0.2) is 84.5 Å². The van der Waals surface area contributed by atoms with Crippen molar-refractivity contribution in [3.63, 3.8) is 0 Å². The van der Waals surface area contributed by atoms with Gasteiger partial charge >= 0.3 is 0 Å². The van der Waals surface area contributed by atoms with Crippen LogP contribution in [0.3, 0.4) is 0 Å². The summed E-state index contributed by atoms with van der Waals surface area (Å²) < 4.78 is 5.75. The van der Waals surface area contributed by atoms with E-state index < -0.39 is 0 Å². The van der Waals surface area contributed by atoms with E-state index in [9.17, 15) is 4.79 Å². The maximum atomic E-state index is 12.4. The highest BCUT2D eigenvalue weighted by Gasteiger charge is 2.12. The molecule has 6 heteroatoms. The molecule has 4 rings (SSSR count). The molecule has 0 unspecified atom stereocenters. The molecular weight excluding hydrogens is 358 g/mol. The number of aromatic nitrogens is 2. The van der Waals surface area contributed by atoms with Crippen LogP contribution in [0.1, 0.15) is 10.5 Å². The van der Waals surface area contributed by atoms with Gasteiger partial charge in [0.2, 0.25) is 0 Å². The largest absolute Gasteiger partial charge is 0.457 e. The third-order valence-electron chi connectivity index (χ3n) is 3.76. The summed E-state index contributed by atoms with van der Waals surface area (Å²) >= 11 is 1.43. The quantitative estimate of drug-likeness (QED) is 0.519. The first-order valence-electron chi connectivity index (χ1n) is 8.28. The monoisotopic (exact) mass is 373 g/mol. The lowest BCUT2D eigenvalue weighted by molar-refractivity contribution is 0.102. The van der Waals surface area contributed by atoms with E-state index in [4.69, 9.17) is 4.74 Å². The Morgan fingerprint density at radius 3 is 2.33 bits per heavy atom. The van der Waals surface area contributed by atoms with E-state index in [1.165, 1.54) is 11.3 Å². The Hall–Kier alpha value is -3.51. The van der Waals surface area contributed by atoms with E-state index in [0.29, 0.717) is 17.1 Å². The fourth-order valence-electron chi connectivity index (χ4n) is 2.43. The van der Waals surface area contributed by atoms with Crippen LogP contribution in [0.4, 0.5) is 5.69 Å². The minimum atomic E-state index is -0.247. The van der Waals surface area contributed by atoms with Crippen LogP contribution in [-0.4, -0.2) is 15.9 Å². The van der Waals surface area contributed by atoms with Gasteiger partial charge in [0, 0.05) is 29.0 Å². The first-order valence-corrected chi connectivity index (χ1v) is 9.16. The Bertz CT molecular complexity index is 1030. The van der Waals surface area contributed by atoms with Crippen molar-refractivity contribution in [1.82, 2.24) is 9.97 Å². The third kappa shape index (κ3) is 4.19. The van der Waals surface area contributed by atoms with Gasteiger partial charge in [-0.1, -0.05) is 18.2 Å². The number of hydrogen-bond donors (Lipinski definition) is 1. The lowest BCUT2D eigenvalue weighted by atomic mass is 10.3. The molecule has 1 N–H and O–H groups in total. The number of carbonyl (C=O) groups excluding carboxylic acids is 1. The zero-order valence-corrected chi connectivity index (χ0v) is 15.0. The van der Waals surface area contributed by atoms with Gasteiger partial charge in [-0.2, -0.15) is 0 Å². The summed E-state index contributed by atoms with van der Waals surface area (Å²) in [6, 6.07) is 20.5. The number of ether oxygens (including phenoxy) is 1.